The van der Waals surface area contributed by atoms with Crippen molar-refractivity contribution in [1.29, 1.82) is 0 Å². The van der Waals surface area contributed by atoms with Crippen molar-refractivity contribution in [3.63, 3.8) is 0 Å². The zero-order valence-electron chi connectivity index (χ0n) is 9.28. The minimum atomic E-state index is -1.26. The zero-order valence-corrected chi connectivity index (χ0v) is 10.1. The standard InChI is InChI=1S/C12H14FNO2S/c1-2-7-17-8-6-14-10-5-3-4-9(13)11(10)12(15)16/h2-5,14H,1,6-8H2,(H,15,16). The molecule has 0 unspecified atom stereocenters. The number of aromatic carboxylic acids is 1. The minimum Gasteiger partial charge on any atom is -0.478 e. The summed E-state index contributed by atoms with van der Waals surface area (Å²) in [6.45, 7) is 4.18. The lowest BCUT2D eigenvalue weighted by Crippen LogP contribution is -2.11. The predicted octanol–water partition coefficient (Wildman–Crippen LogP) is 2.86. The zero-order chi connectivity index (χ0) is 12.7. The van der Waals surface area contributed by atoms with Crippen molar-refractivity contribution in [1.82, 2.24) is 0 Å². The Morgan fingerprint density at radius 1 is 1.59 bits per heavy atom. The van der Waals surface area contributed by atoms with Crippen molar-refractivity contribution in [2.75, 3.05) is 23.4 Å². The van der Waals surface area contributed by atoms with Crippen LogP contribution < -0.4 is 5.32 Å². The maximum atomic E-state index is 13.3. The first kappa shape index (κ1) is 13.6. The summed E-state index contributed by atoms with van der Waals surface area (Å²) in [6.07, 6.45) is 1.80. The molecule has 92 valence electrons. The van der Waals surface area contributed by atoms with Crippen LogP contribution >= 0.6 is 11.8 Å². The highest BCUT2D eigenvalue weighted by Crippen LogP contribution is 2.18. The molecule has 0 aromatic heterocycles. The van der Waals surface area contributed by atoms with E-state index in [0.29, 0.717) is 12.2 Å². The first-order valence-electron chi connectivity index (χ1n) is 5.11. The Morgan fingerprint density at radius 3 is 3.00 bits per heavy atom. The van der Waals surface area contributed by atoms with Gasteiger partial charge in [0.1, 0.15) is 11.4 Å². The fraction of sp³-hybridized carbons (Fsp3) is 0.250. The first-order valence-corrected chi connectivity index (χ1v) is 6.26. The predicted molar refractivity (Wildman–Crippen MR) is 69.4 cm³/mol. The smallest absolute Gasteiger partial charge is 0.340 e. The molecule has 0 atom stereocenters. The van der Waals surface area contributed by atoms with Crippen molar-refractivity contribution >= 4 is 23.4 Å². The van der Waals surface area contributed by atoms with Crippen LogP contribution in [0.4, 0.5) is 10.1 Å². The van der Waals surface area contributed by atoms with Crippen LogP contribution in [0.25, 0.3) is 0 Å². The number of carbonyl (C=O) groups is 1. The van der Waals surface area contributed by atoms with Crippen LogP contribution in [0.3, 0.4) is 0 Å². The average Bonchev–Trinajstić information content (AvgIpc) is 2.28. The van der Waals surface area contributed by atoms with Gasteiger partial charge in [-0.25, -0.2) is 9.18 Å². The van der Waals surface area contributed by atoms with E-state index in [1.165, 1.54) is 6.07 Å². The summed E-state index contributed by atoms with van der Waals surface area (Å²) in [5.41, 5.74) is 0.0120. The van der Waals surface area contributed by atoms with Crippen molar-refractivity contribution in [3.05, 3.63) is 42.2 Å². The number of anilines is 1. The number of thioether (sulfide) groups is 1. The van der Waals surface area contributed by atoms with E-state index in [0.717, 1.165) is 17.6 Å². The van der Waals surface area contributed by atoms with Gasteiger partial charge in [-0.1, -0.05) is 12.1 Å². The van der Waals surface area contributed by atoms with E-state index in [1.54, 1.807) is 23.9 Å². The average molecular weight is 255 g/mol. The van der Waals surface area contributed by atoms with E-state index in [1.807, 2.05) is 0 Å². The molecule has 0 heterocycles. The Labute approximate surface area is 104 Å². The molecule has 0 amide bonds. The summed E-state index contributed by atoms with van der Waals surface area (Å²) in [5, 5.41) is 11.8. The van der Waals surface area contributed by atoms with Crippen molar-refractivity contribution in [3.8, 4) is 0 Å². The Balaban J connectivity index is 2.61. The molecule has 0 saturated carbocycles. The molecule has 0 bridgehead atoms. The molecule has 5 heteroatoms. The minimum absolute atomic E-state index is 0.304. The Bertz CT molecular complexity index is 409. The third kappa shape index (κ3) is 4.11. The maximum absolute atomic E-state index is 13.3. The van der Waals surface area contributed by atoms with Gasteiger partial charge in [0.05, 0.1) is 5.69 Å². The van der Waals surface area contributed by atoms with Gasteiger partial charge in [-0.2, -0.15) is 11.8 Å². The van der Waals surface area contributed by atoms with E-state index < -0.39 is 11.8 Å². The van der Waals surface area contributed by atoms with Gasteiger partial charge in [0.25, 0.3) is 0 Å². The van der Waals surface area contributed by atoms with E-state index >= 15 is 0 Å². The van der Waals surface area contributed by atoms with Crippen LogP contribution in [-0.4, -0.2) is 29.1 Å². The SMILES string of the molecule is C=CCSCCNc1cccc(F)c1C(=O)O. The summed E-state index contributed by atoms with van der Waals surface area (Å²) in [5.74, 6) is -0.330. The van der Waals surface area contributed by atoms with E-state index in [-0.39, 0.29) is 5.56 Å². The number of carboxylic acids is 1. The van der Waals surface area contributed by atoms with Crippen molar-refractivity contribution < 1.29 is 14.3 Å². The fourth-order valence-electron chi connectivity index (χ4n) is 1.31. The van der Waals surface area contributed by atoms with Crippen molar-refractivity contribution in [2.24, 2.45) is 0 Å². The molecule has 0 aliphatic rings. The fourth-order valence-corrected chi connectivity index (χ4v) is 1.89. The van der Waals surface area contributed by atoms with Gasteiger partial charge >= 0.3 is 5.97 Å². The molecule has 0 fully saturated rings. The van der Waals surface area contributed by atoms with Gasteiger partial charge in [0.15, 0.2) is 0 Å². The van der Waals surface area contributed by atoms with E-state index in [2.05, 4.69) is 11.9 Å². The second kappa shape index (κ2) is 6.96. The number of hydrogen-bond donors (Lipinski definition) is 2. The number of halogens is 1. The lowest BCUT2D eigenvalue weighted by Gasteiger charge is -2.09. The number of benzene rings is 1. The largest absolute Gasteiger partial charge is 0.478 e. The molecule has 0 saturated heterocycles. The molecule has 0 aliphatic heterocycles. The molecular formula is C12H14FNO2S. The molecule has 2 N–H and O–H groups in total. The quantitative estimate of drug-likeness (QED) is 0.581. The normalized spacial score (nSPS) is 9.94. The summed E-state index contributed by atoms with van der Waals surface area (Å²) < 4.78 is 13.3. The third-order valence-electron chi connectivity index (χ3n) is 2.03. The number of hydrogen-bond acceptors (Lipinski definition) is 3. The highest BCUT2D eigenvalue weighted by atomic mass is 32.2. The molecule has 17 heavy (non-hydrogen) atoms. The molecule has 1 rings (SSSR count). The Kier molecular flexibility index (Phi) is 5.56. The molecule has 0 aliphatic carbocycles. The van der Waals surface area contributed by atoms with E-state index in [9.17, 15) is 9.18 Å². The van der Waals surface area contributed by atoms with E-state index in [4.69, 9.17) is 5.11 Å². The molecular weight excluding hydrogens is 241 g/mol. The van der Waals surface area contributed by atoms with Gasteiger partial charge in [-0.3, -0.25) is 0 Å². The van der Waals surface area contributed by atoms with Gasteiger partial charge in [0, 0.05) is 18.1 Å². The van der Waals surface area contributed by atoms with Crippen LogP contribution in [0, 0.1) is 5.82 Å². The van der Waals surface area contributed by atoms with Gasteiger partial charge < -0.3 is 10.4 Å². The third-order valence-corrected chi connectivity index (χ3v) is 2.99. The second-order valence-corrected chi connectivity index (χ2v) is 4.41. The van der Waals surface area contributed by atoms with Gasteiger partial charge in [-0.05, 0) is 12.1 Å². The first-order chi connectivity index (χ1) is 8.16. The summed E-state index contributed by atoms with van der Waals surface area (Å²) >= 11 is 1.67. The Morgan fingerprint density at radius 2 is 2.35 bits per heavy atom. The number of nitrogens with one attached hydrogen (secondary N) is 1. The lowest BCUT2D eigenvalue weighted by molar-refractivity contribution is 0.0693. The second-order valence-electron chi connectivity index (χ2n) is 3.26. The Hall–Kier alpha value is -1.49. The maximum Gasteiger partial charge on any atom is 0.340 e. The monoisotopic (exact) mass is 255 g/mol. The molecule has 1 aromatic carbocycles. The van der Waals surface area contributed by atoms with Crippen LogP contribution in [-0.2, 0) is 0 Å². The highest BCUT2D eigenvalue weighted by molar-refractivity contribution is 7.99. The van der Waals surface area contributed by atoms with Crippen molar-refractivity contribution in [2.45, 2.75) is 0 Å². The molecule has 1 aromatic rings. The summed E-state index contributed by atoms with van der Waals surface area (Å²) in [4.78, 5) is 10.9. The highest BCUT2D eigenvalue weighted by Gasteiger charge is 2.14. The lowest BCUT2D eigenvalue weighted by atomic mass is 10.1. The van der Waals surface area contributed by atoms with Crippen LogP contribution in [0.5, 0.6) is 0 Å². The summed E-state index contributed by atoms with van der Waals surface area (Å²) in [7, 11) is 0. The number of rotatable bonds is 7. The molecule has 3 nitrogen and oxygen atoms in total. The van der Waals surface area contributed by atoms with Crippen LogP contribution in [0.2, 0.25) is 0 Å². The van der Waals surface area contributed by atoms with Crippen LogP contribution in [0.1, 0.15) is 10.4 Å². The molecule has 0 radical (unpaired) electrons. The number of carboxylic acid groups (broad SMARTS) is 1. The van der Waals surface area contributed by atoms with Gasteiger partial charge in [-0.15, -0.1) is 6.58 Å². The molecule has 0 spiro atoms. The van der Waals surface area contributed by atoms with Crippen LogP contribution in [0.15, 0.2) is 30.9 Å². The summed E-state index contributed by atoms with van der Waals surface area (Å²) in [6, 6.07) is 4.19. The van der Waals surface area contributed by atoms with Gasteiger partial charge in [0.2, 0.25) is 0 Å². The topological polar surface area (TPSA) is 49.3 Å².